The van der Waals surface area contributed by atoms with Crippen LogP contribution in [0.15, 0.2) is 12.1 Å². The molecule has 1 aliphatic carbocycles. The maximum absolute atomic E-state index is 13.0. The third kappa shape index (κ3) is 2.35. The molecule has 0 saturated heterocycles. The molecule has 1 aliphatic rings. The quantitative estimate of drug-likeness (QED) is 0.875. The molecule has 1 saturated carbocycles. The zero-order chi connectivity index (χ0) is 17.5. The van der Waals surface area contributed by atoms with E-state index in [1.165, 1.54) is 0 Å². The van der Waals surface area contributed by atoms with Crippen molar-refractivity contribution in [2.45, 2.75) is 52.2 Å². The number of hydrogen-bond acceptors (Lipinski definition) is 5. The maximum atomic E-state index is 13.0. The Balaban J connectivity index is 1.90. The third-order valence-corrected chi connectivity index (χ3v) is 5.55. The molecule has 0 unspecified atom stereocenters. The fraction of sp³-hybridized carbons (Fsp3) is 0.688. The molecule has 0 aliphatic heterocycles. The first-order chi connectivity index (χ1) is 11.5. The molecule has 2 aromatic heterocycles. The molecule has 3 rings (SSSR count). The van der Waals surface area contributed by atoms with Gasteiger partial charge in [0.25, 0.3) is 6.43 Å². The van der Waals surface area contributed by atoms with Crippen molar-refractivity contribution in [1.29, 1.82) is 0 Å². The summed E-state index contributed by atoms with van der Waals surface area (Å²) in [6, 6.07) is 3.57. The maximum Gasteiger partial charge on any atom is 0.299 e. The van der Waals surface area contributed by atoms with E-state index in [0.29, 0.717) is 17.4 Å². The van der Waals surface area contributed by atoms with E-state index < -0.39 is 12.2 Å². The van der Waals surface area contributed by atoms with Gasteiger partial charge in [0.15, 0.2) is 5.65 Å². The number of nitrogens with one attached hydrogen (secondary N) is 1. The van der Waals surface area contributed by atoms with Crippen molar-refractivity contribution in [3.63, 3.8) is 0 Å². The van der Waals surface area contributed by atoms with Crippen LogP contribution in [0.4, 0.5) is 14.6 Å². The SMILES string of the molecule is CCC1(CC)[C@H](Nc2ccc3nnc(C(F)F)n3n2)[C@H](C)[C@@H]1OC. The van der Waals surface area contributed by atoms with Gasteiger partial charge in [0.2, 0.25) is 5.82 Å². The summed E-state index contributed by atoms with van der Waals surface area (Å²) in [5, 5.41) is 14.9. The molecule has 0 spiro atoms. The number of halogens is 2. The number of hydrogen-bond donors (Lipinski definition) is 1. The van der Waals surface area contributed by atoms with E-state index in [9.17, 15) is 8.78 Å². The highest BCUT2D eigenvalue weighted by atomic mass is 19.3. The molecular formula is C16H23F2N5O. The van der Waals surface area contributed by atoms with Gasteiger partial charge in [-0.1, -0.05) is 20.8 Å². The van der Waals surface area contributed by atoms with E-state index in [1.54, 1.807) is 19.2 Å². The highest BCUT2D eigenvalue weighted by molar-refractivity contribution is 5.45. The van der Waals surface area contributed by atoms with Crippen LogP contribution >= 0.6 is 0 Å². The summed E-state index contributed by atoms with van der Waals surface area (Å²) >= 11 is 0. The lowest BCUT2D eigenvalue weighted by Gasteiger charge is -2.59. The smallest absolute Gasteiger partial charge is 0.299 e. The first kappa shape index (κ1) is 17.0. The Morgan fingerprint density at radius 2 is 2.00 bits per heavy atom. The van der Waals surface area contributed by atoms with Crippen molar-refractivity contribution in [2.75, 3.05) is 12.4 Å². The molecule has 8 heteroatoms. The average Bonchev–Trinajstić information content (AvgIpc) is 3.00. The number of anilines is 1. The fourth-order valence-electron chi connectivity index (χ4n) is 4.27. The standard InChI is InChI=1S/C16H23F2N5O/c1-5-16(6-2)12(9(3)13(16)24-4)19-10-7-8-11-20-21-15(14(17)18)23(11)22-10/h7-9,12-14H,5-6H2,1-4H3,(H,19,22)/t9-,12+,13-/m0/s1. The Labute approximate surface area is 139 Å². The highest BCUT2D eigenvalue weighted by Gasteiger charge is 2.58. The van der Waals surface area contributed by atoms with Crippen LogP contribution in [0.1, 0.15) is 45.9 Å². The van der Waals surface area contributed by atoms with E-state index in [-0.39, 0.29) is 17.6 Å². The predicted octanol–water partition coefficient (Wildman–Crippen LogP) is 3.31. The van der Waals surface area contributed by atoms with Crippen molar-refractivity contribution < 1.29 is 13.5 Å². The van der Waals surface area contributed by atoms with Gasteiger partial charge in [-0.2, -0.15) is 4.52 Å². The summed E-state index contributed by atoms with van der Waals surface area (Å²) in [4.78, 5) is 0. The number of aromatic nitrogens is 4. The summed E-state index contributed by atoms with van der Waals surface area (Å²) in [6.45, 7) is 6.44. The summed E-state index contributed by atoms with van der Waals surface area (Å²) in [5.74, 6) is 0.409. The minimum atomic E-state index is -2.71. The second kappa shape index (κ2) is 6.23. The Hall–Kier alpha value is -1.83. The van der Waals surface area contributed by atoms with Crippen molar-refractivity contribution in [3.8, 4) is 0 Å². The lowest BCUT2D eigenvalue weighted by molar-refractivity contribution is -0.150. The normalized spacial score (nSPS) is 25.9. The number of rotatable bonds is 6. The molecule has 0 aromatic carbocycles. The van der Waals surface area contributed by atoms with Crippen molar-refractivity contribution in [1.82, 2.24) is 19.8 Å². The first-order valence-corrected chi connectivity index (χ1v) is 8.28. The summed E-state index contributed by atoms with van der Waals surface area (Å²) in [5.41, 5.74) is 0.327. The lowest BCUT2D eigenvalue weighted by atomic mass is 9.53. The van der Waals surface area contributed by atoms with Gasteiger partial charge in [-0.05, 0) is 25.0 Å². The van der Waals surface area contributed by atoms with E-state index >= 15 is 0 Å². The van der Waals surface area contributed by atoms with Crippen molar-refractivity contribution in [3.05, 3.63) is 18.0 Å². The van der Waals surface area contributed by atoms with E-state index in [0.717, 1.165) is 17.4 Å². The molecule has 132 valence electrons. The topological polar surface area (TPSA) is 64.3 Å². The van der Waals surface area contributed by atoms with E-state index in [1.807, 2.05) is 0 Å². The molecule has 0 bridgehead atoms. The Morgan fingerprint density at radius 3 is 2.58 bits per heavy atom. The van der Waals surface area contributed by atoms with Gasteiger partial charge >= 0.3 is 0 Å². The van der Waals surface area contributed by atoms with Gasteiger partial charge < -0.3 is 10.1 Å². The second-order valence-corrected chi connectivity index (χ2v) is 6.43. The van der Waals surface area contributed by atoms with Gasteiger partial charge in [-0.15, -0.1) is 15.3 Å². The van der Waals surface area contributed by atoms with Crippen LogP contribution < -0.4 is 5.32 Å². The highest BCUT2D eigenvalue weighted by Crippen LogP contribution is 2.53. The van der Waals surface area contributed by atoms with Crippen LogP contribution in [0.3, 0.4) is 0 Å². The fourth-order valence-corrected chi connectivity index (χ4v) is 4.27. The summed E-state index contributed by atoms with van der Waals surface area (Å²) in [6.07, 6.45) is -0.587. The Morgan fingerprint density at radius 1 is 1.29 bits per heavy atom. The van der Waals surface area contributed by atoms with Crippen LogP contribution in [0.2, 0.25) is 0 Å². The largest absolute Gasteiger partial charge is 0.380 e. The zero-order valence-electron chi connectivity index (χ0n) is 14.3. The van der Waals surface area contributed by atoms with Gasteiger partial charge in [0, 0.05) is 24.5 Å². The average molecular weight is 339 g/mol. The van der Waals surface area contributed by atoms with Crippen LogP contribution in [0.5, 0.6) is 0 Å². The zero-order valence-corrected chi connectivity index (χ0v) is 14.3. The molecule has 2 aromatic rings. The van der Waals surface area contributed by atoms with Crippen molar-refractivity contribution in [2.24, 2.45) is 11.3 Å². The molecule has 2 heterocycles. The van der Waals surface area contributed by atoms with Gasteiger partial charge in [-0.25, -0.2) is 8.78 Å². The Kier molecular flexibility index (Phi) is 4.42. The van der Waals surface area contributed by atoms with E-state index in [2.05, 4.69) is 41.4 Å². The van der Waals surface area contributed by atoms with E-state index in [4.69, 9.17) is 4.74 Å². The summed E-state index contributed by atoms with van der Waals surface area (Å²) in [7, 11) is 1.74. The minimum Gasteiger partial charge on any atom is -0.380 e. The Bertz CT molecular complexity index is 716. The van der Waals surface area contributed by atoms with Gasteiger partial charge in [0.1, 0.15) is 5.82 Å². The molecule has 1 fully saturated rings. The molecule has 6 nitrogen and oxygen atoms in total. The van der Waals surface area contributed by atoms with Crippen LogP contribution in [0.25, 0.3) is 5.65 Å². The van der Waals surface area contributed by atoms with Gasteiger partial charge in [0.05, 0.1) is 6.10 Å². The van der Waals surface area contributed by atoms with Crippen LogP contribution in [0, 0.1) is 11.3 Å². The van der Waals surface area contributed by atoms with Crippen LogP contribution in [-0.2, 0) is 4.74 Å². The number of fused-ring (bicyclic) bond motifs is 1. The number of nitrogens with zero attached hydrogens (tertiary/aromatic N) is 4. The second-order valence-electron chi connectivity index (χ2n) is 6.43. The molecule has 0 radical (unpaired) electrons. The lowest BCUT2D eigenvalue weighted by Crippen LogP contribution is -2.66. The molecule has 24 heavy (non-hydrogen) atoms. The number of ether oxygens (including phenoxy) is 1. The minimum absolute atomic E-state index is 0.0174. The van der Waals surface area contributed by atoms with Crippen molar-refractivity contribution >= 4 is 11.5 Å². The predicted molar refractivity (Wildman–Crippen MR) is 86.1 cm³/mol. The molecular weight excluding hydrogens is 316 g/mol. The third-order valence-electron chi connectivity index (χ3n) is 5.55. The number of alkyl halides is 2. The molecule has 3 atom stereocenters. The first-order valence-electron chi connectivity index (χ1n) is 8.28. The van der Waals surface area contributed by atoms with Gasteiger partial charge in [-0.3, -0.25) is 0 Å². The molecule has 1 N–H and O–H groups in total. The molecule has 0 amide bonds. The number of methoxy groups -OCH3 is 1. The monoisotopic (exact) mass is 339 g/mol. The van der Waals surface area contributed by atoms with Crippen LogP contribution in [-0.4, -0.2) is 39.1 Å². The summed E-state index contributed by atoms with van der Waals surface area (Å²) < 4.78 is 32.8.